The van der Waals surface area contributed by atoms with Gasteiger partial charge in [-0.15, -0.1) is 0 Å². The molecule has 0 aromatic heterocycles. The lowest BCUT2D eigenvalue weighted by molar-refractivity contribution is -0.114. The van der Waals surface area contributed by atoms with Crippen LogP contribution in [0.15, 0.2) is 42.5 Å². The summed E-state index contributed by atoms with van der Waals surface area (Å²) in [7, 11) is 4.60. The fraction of sp³-hybridized carbons (Fsp3) is 0.200. The topological polar surface area (TPSA) is 85.9 Å². The molecule has 27 heavy (non-hydrogen) atoms. The highest BCUT2D eigenvalue weighted by Gasteiger charge is 2.07. The van der Waals surface area contributed by atoms with Gasteiger partial charge in [0, 0.05) is 24.8 Å². The molecule has 7 nitrogen and oxygen atoms in total. The number of carbonyl (C=O) groups is 2. The van der Waals surface area contributed by atoms with Gasteiger partial charge in [-0.05, 0) is 35.9 Å². The number of benzene rings is 2. The first-order valence-electron chi connectivity index (χ1n) is 8.13. The molecule has 7 heteroatoms. The largest absolute Gasteiger partial charge is 0.494 e. The van der Waals surface area contributed by atoms with E-state index in [1.165, 1.54) is 20.1 Å². The third-order valence-corrected chi connectivity index (χ3v) is 3.61. The first kappa shape index (κ1) is 19.8. The molecule has 0 aliphatic carbocycles. The molecule has 2 amide bonds. The SMILES string of the molecule is COc1cc(NC(=O)C=Cc2ccc(OC)c(OC)c2)ccc1NC(C)=O. The molecule has 2 rings (SSSR count). The Balaban J connectivity index is 2.09. The minimum atomic E-state index is -0.306. The number of carbonyl (C=O) groups excluding carboxylic acids is 2. The van der Waals surface area contributed by atoms with Crippen LogP contribution in [-0.4, -0.2) is 33.1 Å². The maximum atomic E-state index is 12.2. The first-order valence-corrected chi connectivity index (χ1v) is 8.13. The van der Waals surface area contributed by atoms with Crippen molar-refractivity contribution >= 4 is 29.3 Å². The molecular formula is C20H22N2O5. The summed E-state index contributed by atoms with van der Waals surface area (Å²) in [5.41, 5.74) is 1.87. The van der Waals surface area contributed by atoms with E-state index in [2.05, 4.69) is 10.6 Å². The second-order valence-corrected chi connectivity index (χ2v) is 5.53. The van der Waals surface area contributed by atoms with Gasteiger partial charge in [-0.25, -0.2) is 0 Å². The average Bonchev–Trinajstić information content (AvgIpc) is 2.66. The number of hydrogen-bond donors (Lipinski definition) is 2. The summed E-state index contributed by atoms with van der Waals surface area (Å²) in [5, 5.41) is 5.40. The highest BCUT2D eigenvalue weighted by molar-refractivity contribution is 6.02. The zero-order valence-electron chi connectivity index (χ0n) is 15.7. The predicted molar refractivity (Wildman–Crippen MR) is 105 cm³/mol. The number of amides is 2. The maximum absolute atomic E-state index is 12.2. The molecule has 0 fully saturated rings. The number of methoxy groups -OCH3 is 3. The zero-order valence-corrected chi connectivity index (χ0v) is 15.7. The van der Waals surface area contributed by atoms with Crippen molar-refractivity contribution in [2.75, 3.05) is 32.0 Å². The van der Waals surface area contributed by atoms with Crippen molar-refractivity contribution in [3.8, 4) is 17.2 Å². The van der Waals surface area contributed by atoms with Crippen molar-refractivity contribution in [3.05, 3.63) is 48.0 Å². The van der Waals surface area contributed by atoms with Gasteiger partial charge < -0.3 is 24.8 Å². The monoisotopic (exact) mass is 370 g/mol. The van der Waals surface area contributed by atoms with Crippen LogP contribution in [0.4, 0.5) is 11.4 Å². The number of rotatable bonds is 7. The quantitative estimate of drug-likeness (QED) is 0.730. The molecule has 142 valence electrons. The van der Waals surface area contributed by atoms with Gasteiger partial charge in [0.25, 0.3) is 0 Å². The van der Waals surface area contributed by atoms with E-state index >= 15 is 0 Å². The van der Waals surface area contributed by atoms with Crippen LogP contribution in [0, 0.1) is 0 Å². The second-order valence-electron chi connectivity index (χ2n) is 5.53. The van der Waals surface area contributed by atoms with Gasteiger partial charge in [0.1, 0.15) is 5.75 Å². The molecule has 0 aliphatic heterocycles. The molecule has 0 atom stereocenters. The molecule has 0 bridgehead atoms. The van der Waals surface area contributed by atoms with Crippen LogP contribution in [0.2, 0.25) is 0 Å². The van der Waals surface area contributed by atoms with Crippen LogP contribution in [0.1, 0.15) is 12.5 Å². The number of ether oxygens (including phenoxy) is 3. The van der Waals surface area contributed by atoms with Crippen LogP contribution in [0.5, 0.6) is 17.2 Å². The van der Waals surface area contributed by atoms with Crippen molar-refractivity contribution in [2.45, 2.75) is 6.92 Å². The fourth-order valence-corrected chi connectivity index (χ4v) is 2.37. The lowest BCUT2D eigenvalue weighted by Gasteiger charge is -2.11. The van der Waals surface area contributed by atoms with Crippen molar-refractivity contribution in [1.29, 1.82) is 0 Å². The summed E-state index contributed by atoms with van der Waals surface area (Å²) >= 11 is 0. The van der Waals surface area contributed by atoms with Crippen molar-refractivity contribution in [2.24, 2.45) is 0 Å². The van der Waals surface area contributed by atoms with Crippen LogP contribution in [-0.2, 0) is 9.59 Å². The zero-order chi connectivity index (χ0) is 19.8. The van der Waals surface area contributed by atoms with Crippen molar-refractivity contribution in [3.63, 3.8) is 0 Å². The molecular weight excluding hydrogens is 348 g/mol. The van der Waals surface area contributed by atoms with Gasteiger partial charge in [-0.1, -0.05) is 6.07 Å². The standard InChI is InChI=1S/C20H22N2O5/c1-13(23)21-16-8-7-15(12-18(16)26-3)22-20(24)10-6-14-5-9-17(25-2)19(11-14)27-4/h5-12H,1-4H3,(H,21,23)(H,22,24). The van der Waals surface area contributed by atoms with E-state index in [9.17, 15) is 9.59 Å². The summed E-state index contributed by atoms with van der Waals surface area (Å²) in [6, 6.07) is 10.3. The Bertz CT molecular complexity index is 861. The normalized spacial score (nSPS) is 10.4. The molecule has 2 aromatic rings. The van der Waals surface area contributed by atoms with Crippen LogP contribution in [0.3, 0.4) is 0 Å². The maximum Gasteiger partial charge on any atom is 0.248 e. The molecule has 0 saturated heterocycles. The first-order chi connectivity index (χ1) is 13.0. The van der Waals surface area contributed by atoms with Crippen LogP contribution in [0.25, 0.3) is 6.08 Å². The van der Waals surface area contributed by atoms with Crippen molar-refractivity contribution < 1.29 is 23.8 Å². The molecule has 0 radical (unpaired) electrons. The Hall–Kier alpha value is -3.48. The Morgan fingerprint density at radius 3 is 2.19 bits per heavy atom. The van der Waals surface area contributed by atoms with Gasteiger partial charge in [-0.2, -0.15) is 0 Å². The third kappa shape index (κ3) is 5.50. The van der Waals surface area contributed by atoms with Gasteiger partial charge in [0.05, 0.1) is 27.0 Å². The van der Waals surface area contributed by atoms with Crippen LogP contribution >= 0.6 is 0 Å². The lowest BCUT2D eigenvalue weighted by atomic mass is 10.2. The second kappa shape index (κ2) is 9.28. The summed E-state index contributed by atoms with van der Waals surface area (Å²) in [6.07, 6.45) is 3.08. The van der Waals surface area contributed by atoms with E-state index in [-0.39, 0.29) is 11.8 Å². The highest BCUT2D eigenvalue weighted by Crippen LogP contribution is 2.29. The lowest BCUT2D eigenvalue weighted by Crippen LogP contribution is -2.10. The molecule has 2 aromatic carbocycles. The van der Waals surface area contributed by atoms with E-state index in [0.717, 1.165) is 5.56 Å². The van der Waals surface area contributed by atoms with E-state index in [0.29, 0.717) is 28.6 Å². The predicted octanol–water partition coefficient (Wildman–Crippen LogP) is 3.32. The summed E-state index contributed by atoms with van der Waals surface area (Å²) < 4.78 is 15.7. The van der Waals surface area contributed by atoms with E-state index in [1.807, 2.05) is 6.07 Å². The minimum absolute atomic E-state index is 0.206. The smallest absolute Gasteiger partial charge is 0.248 e. The van der Waals surface area contributed by atoms with Gasteiger partial charge in [-0.3, -0.25) is 9.59 Å². The number of hydrogen-bond acceptors (Lipinski definition) is 5. The van der Waals surface area contributed by atoms with E-state index in [4.69, 9.17) is 14.2 Å². The summed E-state index contributed by atoms with van der Waals surface area (Å²) in [4.78, 5) is 23.3. The van der Waals surface area contributed by atoms with Crippen molar-refractivity contribution in [1.82, 2.24) is 0 Å². The van der Waals surface area contributed by atoms with Gasteiger partial charge in [0.15, 0.2) is 11.5 Å². The van der Waals surface area contributed by atoms with E-state index in [1.54, 1.807) is 50.6 Å². The average molecular weight is 370 g/mol. The molecule has 0 aliphatic rings. The minimum Gasteiger partial charge on any atom is -0.494 e. The Labute approximate surface area is 157 Å². The molecule has 0 saturated carbocycles. The molecule has 0 heterocycles. The van der Waals surface area contributed by atoms with Gasteiger partial charge in [0.2, 0.25) is 11.8 Å². The number of anilines is 2. The summed E-state index contributed by atoms with van der Waals surface area (Å²) in [6.45, 7) is 1.41. The fourth-order valence-electron chi connectivity index (χ4n) is 2.37. The summed E-state index contributed by atoms with van der Waals surface area (Å²) in [5.74, 6) is 1.14. The third-order valence-electron chi connectivity index (χ3n) is 3.61. The van der Waals surface area contributed by atoms with Crippen LogP contribution < -0.4 is 24.8 Å². The Kier molecular flexibility index (Phi) is 6.82. The molecule has 2 N–H and O–H groups in total. The Morgan fingerprint density at radius 2 is 1.56 bits per heavy atom. The highest BCUT2D eigenvalue weighted by atomic mass is 16.5. The molecule has 0 unspecified atom stereocenters. The van der Waals surface area contributed by atoms with Gasteiger partial charge >= 0.3 is 0 Å². The van der Waals surface area contributed by atoms with E-state index < -0.39 is 0 Å². The Morgan fingerprint density at radius 1 is 0.852 bits per heavy atom. The number of nitrogens with one attached hydrogen (secondary N) is 2. The molecule has 0 spiro atoms.